The Morgan fingerprint density at radius 3 is 2.32 bits per heavy atom. The number of aromatic hydroxyl groups is 2. The standard InChI is InChI=1S/C22H18N2O4/c1-14-17(13-21(27)28-24-19(25)11-12-20(24)26)22(15-7-3-2-4-8-15)16-9-5-6-10-18(16)23-14/h2-12,25-26H,13H2,1H3. The van der Waals surface area contributed by atoms with Crippen LogP contribution in [0.1, 0.15) is 11.3 Å². The fraction of sp³-hybridized carbons (Fsp3) is 0.0909. The van der Waals surface area contributed by atoms with Gasteiger partial charge in [0.1, 0.15) is 0 Å². The van der Waals surface area contributed by atoms with Crippen molar-refractivity contribution in [2.45, 2.75) is 13.3 Å². The Labute approximate surface area is 161 Å². The van der Waals surface area contributed by atoms with Crippen LogP contribution in [0.5, 0.6) is 11.8 Å². The molecule has 4 aromatic rings. The van der Waals surface area contributed by atoms with Crippen LogP contribution >= 0.6 is 0 Å². The molecule has 0 spiro atoms. The monoisotopic (exact) mass is 374 g/mol. The molecule has 28 heavy (non-hydrogen) atoms. The zero-order chi connectivity index (χ0) is 19.7. The second kappa shape index (κ2) is 7.08. The first-order valence-corrected chi connectivity index (χ1v) is 8.79. The Morgan fingerprint density at radius 2 is 1.61 bits per heavy atom. The van der Waals surface area contributed by atoms with Gasteiger partial charge in [0, 0.05) is 23.2 Å². The molecule has 0 aliphatic rings. The first-order valence-electron chi connectivity index (χ1n) is 8.79. The molecule has 6 heteroatoms. The van der Waals surface area contributed by atoms with E-state index in [-0.39, 0.29) is 18.2 Å². The van der Waals surface area contributed by atoms with E-state index in [2.05, 4.69) is 4.98 Å². The van der Waals surface area contributed by atoms with E-state index < -0.39 is 5.97 Å². The van der Waals surface area contributed by atoms with E-state index in [4.69, 9.17) is 4.84 Å². The maximum Gasteiger partial charge on any atom is 0.337 e. The highest BCUT2D eigenvalue weighted by Crippen LogP contribution is 2.33. The summed E-state index contributed by atoms with van der Waals surface area (Å²) in [5.74, 6) is -1.34. The predicted octanol–water partition coefficient (Wildman–Crippen LogP) is 3.62. The van der Waals surface area contributed by atoms with Crippen LogP contribution in [0.25, 0.3) is 22.0 Å². The van der Waals surface area contributed by atoms with Gasteiger partial charge in [0.05, 0.1) is 11.9 Å². The molecule has 0 unspecified atom stereocenters. The highest BCUT2D eigenvalue weighted by Gasteiger charge is 2.19. The van der Waals surface area contributed by atoms with Gasteiger partial charge in [-0.2, -0.15) is 0 Å². The minimum absolute atomic E-state index is 0.0645. The second-order valence-corrected chi connectivity index (χ2v) is 6.42. The Kier molecular flexibility index (Phi) is 4.45. The number of hydrogen-bond acceptors (Lipinski definition) is 5. The average molecular weight is 374 g/mol. The molecule has 0 radical (unpaired) electrons. The summed E-state index contributed by atoms with van der Waals surface area (Å²) in [6.07, 6.45) is -0.0645. The fourth-order valence-electron chi connectivity index (χ4n) is 3.30. The molecule has 0 amide bonds. The SMILES string of the molecule is Cc1nc2ccccc2c(-c2ccccc2)c1CC(=O)On1c(O)ccc1O. The molecule has 6 nitrogen and oxygen atoms in total. The van der Waals surface area contributed by atoms with E-state index in [1.807, 2.05) is 61.5 Å². The second-order valence-electron chi connectivity index (χ2n) is 6.42. The van der Waals surface area contributed by atoms with Gasteiger partial charge in [-0.05, 0) is 29.7 Å². The van der Waals surface area contributed by atoms with Gasteiger partial charge < -0.3 is 15.1 Å². The number of benzene rings is 2. The van der Waals surface area contributed by atoms with E-state index in [1.54, 1.807) is 0 Å². The van der Waals surface area contributed by atoms with Gasteiger partial charge in [-0.15, -0.1) is 4.73 Å². The lowest BCUT2D eigenvalue weighted by Crippen LogP contribution is -2.21. The number of carbonyl (C=O) groups is 1. The van der Waals surface area contributed by atoms with Crippen molar-refractivity contribution in [2.75, 3.05) is 0 Å². The van der Waals surface area contributed by atoms with E-state index in [0.717, 1.165) is 33.3 Å². The maximum atomic E-state index is 12.6. The highest BCUT2D eigenvalue weighted by molar-refractivity contribution is 5.98. The molecule has 2 N–H and O–H groups in total. The summed E-state index contributed by atoms with van der Waals surface area (Å²) in [6.45, 7) is 1.85. The molecule has 2 aromatic carbocycles. The number of fused-ring (bicyclic) bond motifs is 1. The Hall–Kier alpha value is -3.80. The van der Waals surface area contributed by atoms with Crippen LogP contribution in [0, 0.1) is 6.92 Å². The van der Waals surface area contributed by atoms with Gasteiger partial charge in [0.15, 0.2) is 0 Å². The molecule has 0 saturated heterocycles. The number of aromatic nitrogens is 2. The molecule has 140 valence electrons. The summed E-state index contributed by atoms with van der Waals surface area (Å²) >= 11 is 0. The van der Waals surface area contributed by atoms with Gasteiger partial charge >= 0.3 is 5.97 Å². The number of aryl methyl sites for hydroxylation is 1. The number of hydrogen-bond donors (Lipinski definition) is 2. The quantitative estimate of drug-likeness (QED) is 0.570. The maximum absolute atomic E-state index is 12.6. The van der Waals surface area contributed by atoms with Crippen LogP contribution in [0.15, 0.2) is 66.7 Å². The van der Waals surface area contributed by atoms with Crippen LogP contribution in [-0.4, -0.2) is 25.9 Å². The number of carbonyl (C=O) groups excluding carboxylic acids is 1. The van der Waals surface area contributed by atoms with Crippen molar-refractivity contribution in [1.29, 1.82) is 0 Å². The molecule has 0 fully saturated rings. The lowest BCUT2D eigenvalue weighted by atomic mass is 9.93. The third-order valence-corrected chi connectivity index (χ3v) is 4.57. The molecule has 2 heterocycles. The van der Waals surface area contributed by atoms with Crippen molar-refractivity contribution < 1.29 is 19.8 Å². The lowest BCUT2D eigenvalue weighted by molar-refractivity contribution is -0.144. The molecule has 0 aliphatic carbocycles. The summed E-state index contributed by atoms with van der Waals surface area (Å²) in [6, 6.07) is 20.0. The third-order valence-electron chi connectivity index (χ3n) is 4.57. The molecular formula is C22H18N2O4. The summed E-state index contributed by atoms with van der Waals surface area (Å²) in [5.41, 5.74) is 4.19. The van der Waals surface area contributed by atoms with Crippen LogP contribution in [0.4, 0.5) is 0 Å². The van der Waals surface area contributed by atoms with Gasteiger partial charge in [-0.25, -0.2) is 4.79 Å². The predicted molar refractivity (Wildman–Crippen MR) is 105 cm³/mol. The number of rotatable bonds is 4. The van der Waals surface area contributed by atoms with Crippen molar-refractivity contribution in [3.63, 3.8) is 0 Å². The normalized spacial score (nSPS) is 10.9. The first-order chi connectivity index (χ1) is 13.5. The number of nitrogens with zero attached hydrogens (tertiary/aromatic N) is 2. The Balaban J connectivity index is 1.80. The van der Waals surface area contributed by atoms with Crippen molar-refractivity contribution in [1.82, 2.24) is 9.71 Å². The van der Waals surface area contributed by atoms with Crippen molar-refractivity contribution in [3.05, 3.63) is 78.0 Å². The summed E-state index contributed by atoms with van der Waals surface area (Å²) < 4.78 is 0.689. The number of pyridine rings is 1. The lowest BCUT2D eigenvalue weighted by Gasteiger charge is -2.16. The highest BCUT2D eigenvalue weighted by atomic mass is 16.7. The Bertz CT molecular complexity index is 1150. The number of para-hydroxylation sites is 1. The molecule has 2 aromatic heterocycles. The zero-order valence-corrected chi connectivity index (χ0v) is 15.2. The van der Waals surface area contributed by atoms with Gasteiger partial charge in [0.2, 0.25) is 11.8 Å². The topological polar surface area (TPSA) is 84.6 Å². The average Bonchev–Trinajstić information content (AvgIpc) is 3.01. The van der Waals surface area contributed by atoms with Crippen molar-refractivity contribution in [2.24, 2.45) is 0 Å². The van der Waals surface area contributed by atoms with Crippen molar-refractivity contribution >= 4 is 16.9 Å². The van der Waals surface area contributed by atoms with Gasteiger partial charge in [-0.3, -0.25) is 4.98 Å². The van der Waals surface area contributed by atoms with Crippen LogP contribution in [0.2, 0.25) is 0 Å². The fourth-order valence-corrected chi connectivity index (χ4v) is 3.30. The third kappa shape index (κ3) is 3.16. The van der Waals surface area contributed by atoms with E-state index >= 15 is 0 Å². The van der Waals surface area contributed by atoms with Crippen LogP contribution in [-0.2, 0) is 11.2 Å². The summed E-state index contributed by atoms with van der Waals surface area (Å²) in [4.78, 5) is 22.3. The largest absolute Gasteiger partial charge is 0.492 e. The van der Waals surface area contributed by atoms with Gasteiger partial charge in [-0.1, -0.05) is 48.5 Å². The molecule has 0 atom stereocenters. The summed E-state index contributed by atoms with van der Waals surface area (Å²) in [7, 11) is 0. The summed E-state index contributed by atoms with van der Waals surface area (Å²) in [5, 5.41) is 20.3. The van der Waals surface area contributed by atoms with Crippen molar-refractivity contribution in [3.8, 4) is 22.9 Å². The molecule has 0 bridgehead atoms. The first kappa shape index (κ1) is 17.6. The molecule has 0 aliphatic heterocycles. The molecule has 0 saturated carbocycles. The molecular weight excluding hydrogens is 356 g/mol. The van der Waals surface area contributed by atoms with E-state index in [9.17, 15) is 15.0 Å². The minimum Gasteiger partial charge on any atom is -0.492 e. The van der Waals surface area contributed by atoms with Crippen LogP contribution < -0.4 is 4.84 Å². The van der Waals surface area contributed by atoms with Gasteiger partial charge in [0.25, 0.3) is 0 Å². The smallest absolute Gasteiger partial charge is 0.337 e. The van der Waals surface area contributed by atoms with Crippen LogP contribution in [0.3, 0.4) is 0 Å². The Morgan fingerprint density at radius 1 is 0.964 bits per heavy atom. The minimum atomic E-state index is -0.626. The van der Waals surface area contributed by atoms with E-state index in [1.165, 1.54) is 12.1 Å². The van der Waals surface area contributed by atoms with E-state index in [0.29, 0.717) is 4.73 Å². The molecule has 4 rings (SSSR count). The zero-order valence-electron chi connectivity index (χ0n) is 15.2.